The number of rotatable bonds is 3. The molecule has 0 unspecified atom stereocenters. The molecule has 28 heavy (non-hydrogen) atoms. The van der Waals surface area contributed by atoms with Gasteiger partial charge in [-0.05, 0) is 36.6 Å². The van der Waals surface area contributed by atoms with Crippen LogP contribution in [-0.2, 0) is 6.42 Å². The highest BCUT2D eigenvalue weighted by molar-refractivity contribution is 6.04. The molecule has 1 amide bonds. The Labute approximate surface area is 158 Å². The van der Waals surface area contributed by atoms with Gasteiger partial charge in [-0.1, -0.05) is 18.2 Å². The van der Waals surface area contributed by atoms with Crippen LogP contribution in [-0.4, -0.2) is 22.4 Å². The molecule has 0 saturated heterocycles. The SMILES string of the molecule is O=C(Nc1ccc(F)c(F)c1F)c1cnc(N2CCCc3ccccc32)nc1. The van der Waals surface area contributed by atoms with Crippen LogP contribution in [0, 0.1) is 17.5 Å². The third-order valence-corrected chi connectivity index (χ3v) is 4.54. The van der Waals surface area contributed by atoms with Crippen LogP contribution < -0.4 is 10.2 Å². The van der Waals surface area contributed by atoms with Crippen molar-refractivity contribution >= 4 is 23.2 Å². The van der Waals surface area contributed by atoms with Crippen LogP contribution in [0.15, 0.2) is 48.8 Å². The summed E-state index contributed by atoms with van der Waals surface area (Å²) in [7, 11) is 0. The molecule has 3 aromatic rings. The van der Waals surface area contributed by atoms with E-state index in [9.17, 15) is 18.0 Å². The number of nitrogens with one attached hydrogen (secondary N) is 1. The maximum absolute atomic E-state index is 13.7. The topological polar surface area (TPSA) is 58.1 Å². The first kappa shape index (κ1) is 18.0. The molecular weight excluding hydrogens is 369 g/mol. The fraction of sp³-hybridized carbons (Fsp3) is 0.150. The largest absolute Gasteiger partial charge is 0.319 e. The van der Waals surface area contributed by atoms with Gasteiger partial charge in [-0.15, -0.1) is 0 Å². The zero-order valence-electron chi connectivity index (χ0n) is 14.6. The maximum Gasteiger partial charge on any atom is 0.258 e. The highest BCUT2D eigenvalue weighted by Gasteiger charge is 2.21. The first-order valence-electron chi connectivity index (χ1n) is 8.67. The van der Waals surface area contributed by atoms with Crippen molar-refractivity contribution in [2.24, 2.45) is 0 Å². The molecule has 5 nitrogen and oxygen atoms in total. The van der Waals surface area contributed by atoms with E-state index in [0.29, 0.717) is 5.95 Å². The van der Waals surface area contributed by atoms with Gasteiger partial charge in [-0.3, -0.25) is 4.79 Å². The molecule has 1 aliphatic heterocycles. The van der Waals surface area contributed by atoms with E-state index < -0.39 is 29.0 Å². The number of nitrogens with zero attached hydrogens (tertiary/aromatic N) is 3. The second kappa shape index (κ2) is 7.30. The smallest absolute Gasteiger partial charge is 0.258 e. The van der Waals surface area contributed by atoms with Crippen molar-refractivity contribution in [3.8, 4) is 0 Å². The molecule has 0 aliphatic carbocycles. The van der Waals surface area contributed by atoms with Gasteiger partial charge in [0, 0.05) is 24.6 Å². The predicted octanol–water partition coefficient (Wildman–Crippen LogP) is 4.23. The van der Waals surface area contributed by atoms with E-state index >= 15 is 0 Å². The van der Waals surface area contributed by atoms with E-state index in [0.717, 1.165) is 37.2 Å². The summed E-state index contributed by atoms with van der Waals surface area (Å²) >= 11 is 0. The molecule has 4 rings (SSSR count). The Morgan fingerprint density at radius 2 is 1.75 bits per heavy atom. The van der Waals surface area contributed by atoms with E-state index in [4.69, 9.17) is 0 Å². The Hall–Kier alpha value is -3.42. The van der Waals surface area contributed by atoms with Gasteiger partial charge in [0.1, 0.15) is 0 Å². The summed E-state index contributed by atoms with van der Waals surface area (Å²) < 4.78 is 40.0. The van der Waals surface area contributed by atoms with Crippen LogP contribution in [0.4, 0.5) is 30.5 Å². The molecular formula is C20H15F3N4O. The summed E-state index contributed by atoms with van der Waals surface area (Å²) in [4.78, 5) is 22.7. The Bertz CT molecular complexity index is 1040. The number of para-hydroxylation sites is 1. The average molecular weight is 384 g/mol. The molecule has 2 aromatic carbocycles. The molecule has 142 valence electrons. The highest BCUT2D eigenvalue weighted by Crippen LogP contribution is 2.31. The van der Waals surface area contributed by atoms with Crippen LogP contribution in [0.25, 0.3) is 0 Å². The van der Waals surface area contributed by atoms with E-state index in [1.165, 1.54) is 18.0 Å². The number of amides is 1. The number of aryl methyl sites for hydroxylation is 1. The van der Waals surface area contributed by atoms with Crippen LogP contribution >= 0.6 is 0 Å². The number of halogens is 3. The molecule has 0 atom stereocenters. The van der Waals surface area contributed by atoms with Crippen molar-refractivity contribution < 1.29 is 18.0 Å². The van der Waals surface area contributed by atoms with Crippen LogP contribution in [0.3, 0.4) is 0 Å². The van der Waals surface area contributed by atoms with Crippen molar-refractivity contribution in [2.45, 2.75) is 12.8 Å². The molecule has 2 heterocycles. The normalized spacial score (nSPS) is 13.2. The molecule has 8 heteroatoms. The standard InChI is InChI=1S/C20H15F3N4O/c21-14-7-8-15(18(23)17(14)22)26-19(28)13-10-24-20(25-11-13)27-9-3-5-12-4-1-2-6-16(12)27/h1-2,4,6-8,10-11H,3,5,9H2,(H,26,28). The van der Waals surface area contributed by atoms with Gasteiger partial charge in [-0.25, -0.2) is 23.1 Å². The van der Waals surface area contributed by atoms with Gasteiger partial charge in [-0.2, -0.15) is 0 Å². The monoisotopic (exact) mass is 384 g/mol. The predicted molar refractivity (Wildman–Crippen MR) is 98.1 cm³/mol. The van der Waals surface area contributed by atoms with Gasteiger partial charge in [0.2, 0.25) is 5.95 Å². The number of carbonyl (C=O) groups excluding carboxylic acids is 1. The average Bonchev–Trinajstić information content (AvgIpc) is 2.74. The third kappa shape index (κ3) is 3.28. The number of fused-ring (bicyclic) bond motifs is 1. The summed E-state index contributed by atoms with van der Waals surface area (Å²) in [5, 5.41) is 2.19. The molecule has 0 saturated carbocycles. The minimum atomic E-state index is -1.65. The summed E-state index contributed by atoms with van der Waals surface area (Å²) in [6.07, 6.45) is 4.56. The minimum absolute atomic E-state index is 0.0678. The number of benzene rings is 2. The summed E-state index contributed by atoms with van der Waals surface area (Å²) in [6, 6.07) is 9.65. The Kier molecular flexibility index (Phi) is 4.68. The lowest BCUT2D eigenvalue weighted by Gasteiger charge is -2.29. The highest BCUT2D eigenvalue weighted by atomic mass is 19.2. The fourth-order valence-electron chi connectivity index (χ4n) is 3.14. The first-order valence-corrected chi connectivity index (χ1v) is 8.67. The minimum Gasteiger partial charge on any atom is -0.319 e. The maximum atomic E-state index is 13.7. The van der Waals surface area contributed by atoms with Crippen molar-refractivity contribution in [3.05, 3.63) is 77.4 Å². The van der Waals surface area contributed by atoms with E-state index in [1.807, 2.05) is 23.1 Å². The van der Waals surface area contributed by atoms with Gasteiger partial charge < -0.3 is 10.2 Å². The lowest BCUT2D eigenvalue weighted by atomic mass is 10.0. The number of anilines is 3. The Balaban J connectivity index is 1.54. The lowest BCUT2D eigenvalue weighted by Crippen LogP contribution is -2.26. The molecule has 1 N–H and O–H groups in total. The van der Waals surface area contributed by atoms with Gasteiger partial charge in [0.15, 0.2) is 17.5 Å². The molecule has 0 radical (unpaired) electrons. The molecule has 0 bridgehead atoms. The zero-order valence-corrected chi connectivity index (χ0v) is 14.6. The number of carbonyl (C=O) groups is 1. The van der Waals surface area contributed by atoms with Crippen molar-refractivity contribution in [1.29, 1.82) is 0 Å². The third-order valence-electron chi connectivity index (χ3n) is 4.54. The van der Waals surface area contributed by atoms with Crippen LogP contribution in [0.5, 0.6) is 0 Å². The molecule has 0 spiro atoms. The molecule has 1 aromatic heterocycles. The first-order chi connectivity index (χ1) is 13.5. The van der Waals surface area contributed by atoms with Gasteiger partial charge in [0.25, 0.3) is 5.91 Å². The Morgan fingerprint density at radius 1 is 1.00 bits per heavy atom. The second-order valence-electron chi connectivity index (χ2n) is 6.33. The van der Waals surface area contributed by atoms with E-state index in [1.54, 1.807) is 0 Å². The molecule has 1 aliphatic rings. The van der Waals surface area contributed by atoms with Crippen molar-refractivity contribution in [1.82, 2.24) is 9.97 Å². The van der Waals surface area contributed by atoms with Gasteiger partial charge >= 0.3 is 0 Å². The van der Waals surface area contributed by atoms with Gasteiger partial charge in [0.05, 0.1) is 11.3 Å². The summed E-state index contributed by atoms with van der Waals surface area (Å²) in [5.74, 6) is -4.72. The Morgan fingerprint density at radius 3 is 2.54 bits per heavy atom. The lowest BCUT2D eigenvalue weighted by molar-refractivity contribution is 0.102. The fourth-order valence-corrected chi connectivity index (χ4v) is 3.14. The van der Waals surface area contributed by atoms with Crippen molar-refractivity contribution in [3.63, 3.8) is 0 Å². The quantitative estimate of drug-likeness (QED) is 0.687. The summed E-state index contributed by atoms with van der Waals surface area (Å²) in [5.41, 5.74) is 1.83. The van der Waals surface area contributed by atoms with E-state index in [2.05, 4.69) is 21.4 Å². The number of aromatic nitrogens is 2. The molecule has 0 fully saturated rings. The van der Waals surface area contributed by atoms with Crippen molar-refractivity contribution in [2.75, 3.05) is 16.8 Å². The van der Waals surface area contributed by atoms with Crippen LogP contribution in [0.2, 0.25) is 0 Å². The number of hydrogen-bond acceptors (Lipinski definition) is 4. The second-order valence-corrected chi connectivity index (χ2v) is 6.33. The van der Waals surface area contributed by atoms with Crippen LogP contribution in [0.1, 0.15) is 22.3 Å². The summed E-state index contributed by atoms with van der Waals surface area (Å²) in [6.45, 7) is 0.753. The van der Waals surface area contributed by atoms with E-state index in [-0.39, 0.29) is 5.56 Å². The zero-order chi connectivity index (χ0) is 19.7. The number of hydrogen-bond donors (Lipinski definition) is 1.